The SMILES string of the molecule is CCCCCCCCCCCCCCCCCCCCCCC(=O)OC[C@H](COP(=O)(O)OC[C@@H](O)COP(=O)(O)OC[C@@H](COC(=O)CCCCCCCCCCCCCCC)OC(=O)CCCCCCCCCCCCCCCC(C)C)OC(=O)CCCCCCCCCCCCCCCCCCCCC(C)CC. The minimum Gasteiger partial charge on any atom is -0.462 e. The lowest BCUT2D eigenvalue weighted by molar-refractivity contribution is -0.161. The first-order valence-corrected chi connectivity index (χ1v) is 50.5. The Kier molecular flexibility index (Phi) is 81.7. The molecular weight excluding hydrogens is 1440 g/mol. The van der Waals surface area contributed by atoms with Crippen molar-refractivity contribution in [3.8, 4) is 0 Å². The van der Waals surface area contributed by atoms with Crippen LogP contribution in [0.3, 0.4) is 0 Å². The number of esters is 4. The van der Waals surface area contributed by atoms with Crippen LogP contribution in [-0.4, -0.2) is 96.7 Å². The molecule has 17 nitrogen and oxygen atoms in total. The number of rotatable bonds is 91. The smallest absolute Gasteiger partial charge is 0.462 e. The predicted molar refractivity (Wildman–Crippen MR) is 460 cm³/mol. The van der Waals surface area contributed by atoms with Crippen molar-refractivity contribution < 1.29 is 80.2 Å². The molecule has 3 N–H and O–H groups in total. The van der Waals surface area contributed by atoms with Crippen molar-refractivity contribution in [1.29, 1.82) is 0 Å². The van der Waals surface area contributed by atoms with Gasteiger partial charge in [-0.15, -0.1) is 0 Å². The number of ether oxygens (including phenoxy) is 4. The van der Waals surface area contributed by atoms with Gasteiger partial charge in [0.15, 0.2) is 12.2 Å². The molecule has 0 aliphatic carbocycles. The van der Waals surface area contributed by atoms with Gasteiger partial charge in [0, 0.05) is 25.7 Å². The maximum Gasteiger partial charge on any atom is 0.472 e. The summed E-state index contributed by atoms with van der Waals surface area (Å²) in [6, 6.07) is 0. The topological polar surface area (TPSA) is 237 Å². The first kappa shape index (κ1) is 109. The van der Waals surface area contributed by atoms with Gasteiger partial charge in [-0.1, -0.05) is 446 Å². The van der Waals surface area contributed by atoms with E-state index < -0.39 is 97.5 Å². The van der Waals surface area contributed by atoms with E-state index in [0.29, 0.717) is 25.7 Å². The molecule has 0 aliphatic rings. The van der Waals surface area contributed by atoms with Gasteiger partial charge in [0.1, 0.15) is 19.3 Å². The van der Waals surface area contributed by atoms with Crippen LogP contribution in [0.5, 0.6) is 0 Å². The van der Waals surface area contributed by atoms with Crippen LogP contribution in [0.15, 0.2) is 0 Å². The zero-order valence-electron chi connectivity index (χ0n) is 73.3. The van der Waals surface area contributed by atoms with Gasteiger partial charge in [0.25, 0.3) is 0 Å². The summed E-state index contributed by atoms with van der Waals surface area (Å²) in [6.07, 6.45) is 77.7. The molecular formula is C92H180O17P2. The van der Waals surface area contributed by atoms with E-state index >= 15 is 0 Å². The summed E-state index contributed by atoms with van der Waals surface area (Å²) in [4.78, 5) is 73.5. The first-order chi connectivity index (χ1) is 53.9. The lowest BCUT2D eigenvalue weighted by Gasteiger charge is -2.21. The Morgan fingerprint density at radius 1 is 0.261 bits per heavy atom. The van der Waals surface area contributed by atoms with Gasteiger partial charge in [-0.2, -0.15) is 0 Å². The van der Waals surface area contributed by atoms with Gasteiger partial charge in [0.2, 0.25) is 0 Å². The van der Waals surface area contributed by atoms with E-state index in [-0.39, 0.29) is 25.7 Å². The normalized spacial score (nSPS) is 14.0. The van der Waals surface area contributed by atoms with Crippen molar-refractivity contribution in [2.45, 2.75) is 516 Å². The molecule has 0 rings (SSSR count). The highest BCUT2D eigenvalue weighted by Crippen LogP contribution is 2.45. The van der Waals surface area contributed by atoms with Gasteiger partial charge in [-0.3, -0.25) is 37.3 Å². The minimum absolute atomic E-state index is 0.108. The Morgan fingerprint density at radius 2 is 0.459 bits per heavy atom. The third-order valence-electron chi connectivity index (χ3n) is 22.1. The van der Waals surface area contributed by atoms with Crippen LogP contribution in [-0.2, 0) is 65.4 Å². The fourth-order valence-electron chi connectivity index (χ4n) is 14.4. The monoisotopic (exact) mass is 1620 g/mol. The summed E-state index contributed by atoms with van der Waals surface area (Å²) >= 11 is 0. The van der Waals surface area contributed by atoms with Crippen molar-refractivity contribution in [1.82, 2.24) is 0 Å². The van der Waals surface area contributed by atoms with Crippen LogP contribution in [0.25, 0.3) is 0 Å². The third-order valence-corrected chi connectivity index (χ3v) is 24.0. The van der Waals surface area contributed by atoms with E-state index in [9.17, 15) is 43.2 Å². The van der Waals surface area contributed by atoms with E-state index in [4.69, 9.17) is 37.0 Å². The van der Waals surface area contributed by atoms with E-state index in [0.717, 1.165) is 102 Å². The quantitative estimate of drug-likeness (QED) is 0.0222. The van der Waals surface area contributed by atoms with Crippen molar-refractivity contribution in [2.24, 2.45) is 11.8 Å². The molecule has 0 aliphatic heterocycles. The Morgan fingerprint density at radius 3 is 0.685 bits per heavy atom. The Bertz CT molecular complexity index is 2120. The third kappa shape index (κ3) is 84.3. The zero-order chi connectivity index (χ0) is 81.3. The molecule has 660 valence electrons. The molecule has 0 heterocycles. The minimum atomic E-state index is -4.97. The van der Waals surface area contributed by atoms with E-state index in [2.05, 4.69) is 41.5 Å². The fraction of sp³-hybridized carbons (Fsp3) is 0.957. The van der Waals surface area contributed by atoms with Crippen LogP contribution < -0.4 is 0 Å². The zero-order valence-corrected chi connectivity index (χ0v) is 75.1. The van der Waals surface area contributed by atoms with E-state index in [1.54, 1.807) is 0 Å². The van der Waals surface area contributed by atoms with Crippen molar-refractivity contribution in [2.75, 3.05) is 39.6 Å². The molecule has 19 heteroatoms. The molecule has 111 heavy (non-hydrogen) atoms. The molecule has 0 saturated carbocycles. The molecule has 0 amide bonds. The lowest BCUT2D eigenvalue weighted by atomic mass is 9.99. The summed E-state index contributed by atoms with van der Waals surface area (Å²) in [6.45, 7) is 9.80. The second-order valence-corrected chi connectivity index (χ2v) is 36.7. The number of carbonyl (C=O) groups excluding carboxylic acids is 4. The summed E-state index contributed by atoms with van der Waals surface area (Å²) in [5.41, 5.74) is 0. The van der Waals surface area contributed by atoms with Crippen molar-refractivity contribution in [3.05, 3.63) is 0 Å². The van der Waals surface area contributed by atoms with Crippen molar-refractivity contribution in [3.63, 3.8) is 0 Å². The van der Waals surface area contributed by atoms with Gasteiger partial charge >= 0.3 is 39.5 Å². The maximum atomic E-state index is 13.2. The lowest BCUT2D eigenvalue weighted by Crippen LogP contribution is -2.30. The summed E-state index contributed by atoms with van der Waals surface area (Å²) in [7, 11) is -9.94. The van der Waals surface area contributed by atoms with Gasteiger partial charge in [-0.25, -0.2) is 9.13 Å². The number of phosphoric acid groups is 2. The highest BCUT2D eigenvalue weighted by atomic mass is 31.2. The highest BCUT2D eigenvalue weighted by Gasteiger charge is 2.31. The highest BCUT2D eigenvalue weighted by molar-refractivity contribution is 7.47. The second-order valence-electron chi connectivity index (χ2n) is 33.8. The largest absolute Gasteiger partial charge is 0.472 e. The standard InChI is InChI=1S/C92H180O17P2/c1-7-10-12-14-16-18-20-22-23-24-25-26-30-33-39-45-51-57-63-69-75-90(95)103-81-88(108-91(96)76-70-64-58-52-46-40-34-31-28-27-29-32-38-43-49-55-61-67-73-85(6)9-3)83-107-111(100,101)105-79-86(93)78-104-110(98,99)106-82-87(80-102-89(94)74-68-62-56-50-44-36-21-19-17-15-13-11-8-2)109-92(97)77-71-65-59-53-47-41-35-37-42-48-54-60-66-72-84(4)5/h84-88,93H,7-83H2,1-6H3,(H,98,99)(H,100,101)/t85?,86-,87+,88+/m0/s1. The van der Waals surface area contributed by atoms with E-state index in [1.165, 1.54) is 315 Å². The van der Waals surface area contributed by atoms with Gasteiger partial charge in [-0.05, 0) is 37.5 Å². The molecule has 0 saturated heterocycles. The molecule has 0 radical (unpaired) electrons. The average molecular weight is 1620 g/mol. The molecule has 3 unspecified atom stereocenters. The number of hydrogen-bond donors (Lipinski definition) is 3. The molecule has 0 aromatic carbocycles. The number of hydrogen-bond acceptors (Lipinski definition) is 15. The molecule has 0 bridgehead atoms. The van der Waals surface area contributed by atoms with Gasteiger partial charge < -0.3 is 33.8 Å². The number of aliphatic hydroxyl groups excluding tert-OH is 1. The fourth-order valence-corrected chi connectivity index (χ4v) is 16.0. The number of carbonyl (C=O) groups is 4. The van der Waals surface area contributed by atoms with Crippen molar-refractivity contribution >= 4 is 39.5 Å². The summed E-state index contributed by atoms with van der Waals surface area (Å²) in [5.74, 6) is -0.435. The second kappa shape index (κ2) is 83.1. The molecule has 0 spiro atoms. The van der Waals surface area contributed by atoms with Crippen LogP contribution in [0, 0.1) is 11.8 Å². The number of aliphatic hydroxyl groups is 1. The average Bonchev–Trinajstić information content (AvgIpc) is 0.895. The Labute approximate surface area is 683 Å². The summed E-state index contributed by atoms with van der Waals surface area (Å²) in [5, 5.41) is 10.7. The van der Waals surface area contributed by atoms with Crippen LogP contribution in [0.4, 0.5) is 0 Å². The molecule has 0 aromatic heterocycles. The first-order valence-electron chi connectivity index (χ1n) is 47.5. The number of unbranched alkanes of at least 4 members (excludes halogenated alkanes) is 60. The maximum absolute atomic E-state index is 13.2. The predicted octanol–water partition coefficient (Wildman–Crippen LogP) is 28.6. The summed E-state index contributed by atoms with van der Waals surface area (Å²) < 4.78 is 69.1. The van der Waals surface area contributed by atoms with E-state index in [1.807, 2.05) is 0 Å². The number of phosphoric ester groups is 2. The Balaban J connectivity index is 5.25. The van der Waals surface area contributed by atoms with Crippen LogP contribution >= 0.6 is 15.6 Å². The van der Waals surface area contributed by atoms with Gasteiger partial charge in [0.05, 0.1) is 26.4 Å². The molecule has 6 atom stereocenters. The Hall–Kier alpha value is -1.94. The van der Waals surface area contributed by atoms with Crippen LogP contribution in [0.2, 0.25) is 0 Å². The van der Waals surface area contributed by atoms with Crippen LogP contribution in [0.1, 0.15) is 497 Å². The molecule has 0 aromatic rings. The molecule has 0 fully saturated rings.